The Morgan fingerprint density at radius 3 is 2.84 bits per heavy atom. The minimum absolute atomic E-state index is 0.138. The maximum absolute atomic E-state index is 11.7. The Bertz CT molecular complexity index is 594. The third kappa shape index (κ3) is 4.60. The molecule has 1 amide bonds. The van der Waals surface area contributed by atoms with Crippen molar-refractivity contribution in [1.82, 2.24) is 10.2 Å². The molecule has 0 saturated carbocycles. The molecule has 19 heavy (non-hydrogen) atoms. The van der Waals surface area contributed by atoms with Crippen LogP contribution >= 0.6 is 11.3 Å². The van der Waals surface area contributed by atoms with E-state index in [0.717, 1.165) is 30.4 Å². The topological polar surface area (TPSA) is 101 Å². The van der Waals surface area contributed by atoms with Crippen molar-refractivity contribution in [3.8, 4) is 0 Å². The summed E-state index contributed by atoms with van der Waals surface area (Å²) in [7, 11) is -3.37. The number of rotatable bonds is 5. The van der Waals surface area contributed by atoms with Crippen molar-refractivity contribution in [2.75, 3.05) is 16.3 Å². The first-order chi connectivity index (χ1) is 8.92. The van der Waals surface area contributed by atoms with E-state index in [1.54, 1.807) is 0 Å². The second kappa shape index (κ2) is 5.66. The maximum Gasteiger partial charge on any atom is 0.231 e. The second-order valence-corrected chi connectivity index (χ2v) is 7.03. The van der Waals surface area contributed by atoms with E-state index >= 15 is 0 Å². The maximum atomic E-state index is 11.7. The standard InChI is InChI=1S/C10H14N4O3S2/c1-19(16,17)14-10-13-12-9(18-10)11-8(15)6-7-4-2-3-5-7/h2,4,7H,3,5-6H2,1H3,(H,13,14)(H,11,12,15)/t7-/m1/s1. The van der Waals surface area contributed by atoms with E-state index in [4.69, 9.17) is 0 Å². The molecule has 0 aromatic carbocycles. The van der Waals surface area contributed by atoms with Crippen LogP contribution in [0.3, 0.4) is 0 Å². The smallest absolute Gasteiger partial charge is 0.231 e. The summed E-state index contributed by atoms with van der Waals surface area (Å²) < 4.78 is 24.2. The van der Waals surface area contributed by atoms with Gasteiger partial charge in [-0.1, -0.05) is 23.5 Å². The van der Waals surface area contributed by atoms with Gasteiger partial charge >= 0.3 is 0 Å². The van der Waals surface area contributed by atoms with Gasteiger partial charge in [-0.25, -0.2) is 8.42 Å². The lowest BCUT2D eigenvalue weighted by Gasteiger charge is -2.05. The normalized spacial score (nSPS) is 18.5. The fraction of sp³-hybridized carbons (Fsp3) is 0.500. The van der Waals surface area contributed by atoms with Gasteiger partial charge < -0.3 is 5.32 Å². The molecule has 0 radical (unpaired) electrons. The molecule has 0 saturated heterocycles. The van der Waals surface area contributed by atoms with Gasteiger partial charge in [0.1, 0.15) is 0 Å². The Morgan fingerprint density at radius 2 is 2.21 bits per heavy atom. The van der Waals surface area contributed by atoms with E-state index in [1.807, 2.05) is 6.08 Å². The van der Waals surface area contributed by atoms with E-state index < -0.39 is 10.0 Å². The molecule has 2 rings (SSSR count). The first-order valence-electron chi connectivity index (χ1n) is 5.70. The number of anilines is 2. The van der Waals surface area contributed by atoms with Crippen molar-refractivity contribution in [3.63, 3.8) is 0 Å². The Labute approximate surface area is 115 Å². The molecular weight excluding hydrogens is 288 g/mol. The minimum Gasteiger partial charge on any atom is -0.300 e. The Hall–Kier alpha value is -1.48. The molecule has 1 aliphatic carbocycles. The molecule has 0 fully saturated rings. The average molecular weight is 302 g/mol. The Kier molecular flexibility index (Phi) is 4.15. The summed E-state index contributed by atoms with van der Waals surface area (Å²) in [5.74, 6) is 0.139. The van der Waals surface area contributed by atoms with Gasteiger partial charge in [0.15, 0.2) is 0 Å². The van der Waals surface area contributed by atoms with Crippen LogP contribution in [0.4, 0.5) is 10.3 Å². The van der Waals surface area contributed by atoms with E-state index in [-0.39, 0.29) is 22.1 Å². The van der Waals surface area contributed by atoms with Crippen molar-refractivity contribution < 1.29 is 13.2 Å². The third-order valence-corrected chi connectivity index (χ3v) is 3.95. The average Bonchev–Trinajstić information content (AvgIpc) is 2.88. The van der Waals surface area contributed by atoms with Gasteiger partial charge in [0.2, 0.25) is 26.2 Å². The largest absolute Gasteiger partial charge is 0.300 e. The molecule has 0 bridgehead atoms. The first kappa shape index (κ1) is 13.9. The number of hydrogen-bond acceptors (Lipinski definition) is 6. The minimum atomic E-state index is -3.37. The summed E-state index contributed by atoms with van der Waals surface area (Å²) in [5.41, 5.74) is 0. The molecule has 0 aliphatic heterocycles. The summed E-state index contributed by atoms with van der Waals surface area (Å²) in [6, 6.07) is 0. The lowest BCUT2D eigenvalue weighted by molar-refractivity contribution is -0.116. The Balaban J connectivity index is 1.88. The number of aromatic nitrogens is 2. The van der Waals surface area contributed by atoms with Crippen molar-refractivity contribution in [2.24, 2.45) is 5.92 Å². The van der Waals surface area contributed by atoms with Gasteiger partial charge in [-0.15, -0.1) is 10.2 Å². The highest BCUT2D eigenvalue weighted by Crippen LogP contribution is 2.23. The van der Waals surface area contributed by atoms with Gasteiger partial charge in [-0.05, 0) is 18.8 Å². The van der Waals surface area contributed by atoms with Crippen LogP contribution in [0.5, 0.6) is 0 Å². The van der Waals surface area contributed by atoms with Crippen molar-refractivity contribution in [2.45, 2.75) is 19.3 Å². The zero-order valence-corrected chi connectivity index (χ0v) is 11.9. The van der Waals surface area contributed by atoms with Crippen molar-refractivity contribution in [3.05, 3.63) is 12.2 Å². The zero-order valence-electron chi connectivity index (χ0n) is 10.3. The second-order valence-electron chi connectivity index (χ2n) is 4.30. The molecule has 9 heteroatoms. The summed E-state index contributed by atoms with van der Waals surface area (Å²) in [4.78, 5) is 11.7. The fourth-order valence-electron chi connectivity index (χ4n) is 1.75. The highest BCUT2D eigenvalue weighted by atomic mass is 32.2. The number of nitrogens with one attached hydrogen (secondary N) is 2. The number of allylic oxidation sites excluding steroid dienone is 2. The summed E-state index contributed by atoms with van der Waals surface area (Å²) in [6.07, 6.45) is 7.54. The number of nitrogens with zero attached hydrogens (tertiary/aromatic N) is 2. The van der Waals surface area contributed by atoms with Crippen LogP contribution in [0.15, 0.2) is 12.2 Å². The molecule has 1 atom stereocenters. The molecule has 1 aromatic heterocycles. The van der Waals surface area contributed by atoms with Gasteiger partial charge in [-0.2, -0.15) is 0 Å². The first-order valence-corrected chi connectivity index (χ1v) is 8.41. The molecule has 1 aromatic rings. The molecule has 0 unspecified atom stereocenters. The molecule has 1 aliphatic rings. The van der Waals surface area contributed by atoms with Crippen molar-refractivity contribution >= 4 is 37.5 Å². The monoisotopic (exact) mass is 302 g/mol. The lowest BCUT2D eigenvalue weighted by Crippen LogP contribution is -2.14. The van der Waals surface area contributed by atoms with Crippen LogP contribution in [-0.4, -0.2) is 30.8 Å². The van der Waals surface area contributed by atoms with Crippen LogP contribution in [0.25, 0.3) is 0 Å². The molecule has 0 spiro atoms. The zero-order chi connectivity index (χ0) is 13.9. The summed E-state index contributed by atoms with van der Waals surface area (Å²) in [6.45, 7) is 0. The molecule has 7 nitrogen and oxygen atoms in total. The lowest BCUT2D eigenvalue weighted by atomic mass is 10.1. The molecular formula is C10H14N4O3S2. The molecule has 1 heterocycles. The Morgan fingerprint density at radius 1 is 1.47 bits per heavy atom. The SMILES string of the molecule is CS(=O)(=O)Nc1nnc(NC(=O)C[C@@H]2C=CCC2)s1. The number of amides is 1. The van der Waals surface area contributed by atoms with Crippen LogP contribution in [0, 0.1) is 5.92 Å². The van der Waals surface area contributed by atoms with Gasteiger partial charge in [0.25, 0.3) is 0 Å². The van der Waals surface area contributed by atoms with Crippen LogP contribution in [0.2, 0.25) is 0 Å². The number of hydrogen-bond donors (Lipinski definition) is 2. The summed E-state index contributed by atoms with van der Waals surface area (Å²) >= 11 is 0.984. The van der Waals surface area contributed by atoms with Crippen LogP contribution in [-0.2, 0) is 14.8 Å². The number of carbonyl (C=O) groups is 1. The summed E-state index contributed by atoms with van der Waals surface area (Å²) in [5, 5.41) is 10.4. The molecule has 2 N–H and O–H groups in total. The van der Waals surface area contributed by atoms with E-state index in [1.165, 1.54) is 0 Å². The highest BCUT2D eigenvalue weighted by molar-refractivity contribution is 7.92. The number of carbonyl (C=O) groups excluding carboxylic acids is 1. The van der Waals surface area contributed by atoms with E-state index in [9.17, 15) is 13.2 Å². The fourth-order valence-corrected chi connectivity index (χ4v) is 3.24. The van der Waals surface area contributed by atoms with Gasteiger partial charge in [0.05, 0.1) is 6.26 Å². The highest BCUT2D eigenvalue weighted by Gasteiger charge is 2.16. The number of sulfonamides is 1. The van der Waals surface area contributed by atoms with E-state index in [2.05, 4.69) is 26.3 Å². The van der Waals surface area contributed by atoms with Crippen LogP contribution in [0.1, 0.15) is 19.3 Å². The van der Waals surface area contributed by atoms with Crippen LogP contribution < -0.4 is 10.0 Å². The van der Waals surface area contributed by atoms with Gasteiger partial charge in [-0.3, -0.25) is 9.52 Å². The van der Waals surface area contributed by atoms with E-state index in [0.29, 0.717) is 6.42 Å². The predicted molar refractivity (Wildman–Crippen MR) is 73.5 cm³/mol. The van der Waals surface area contributed by atoms with Gasteiger partial charge in [0, 0.05) is 6.42 Å². The quantitative estimate of drug-likeness (QED) is 0.796. The predicted octanol–water partition coefficient (Wildman–Crippen LogP) is 1.20. The van der Waals surface area contributed by atoms with Crippen molar-refractivity contribution in [1.29, 1.82) is 0 Å². The molecule has 104 valence electrons. The third-order valence-electron chi connectivity index (χ3n) is 2.50.